The van der Waals surface area contributed by atoms with E-state index >= 15 is 0 Å². The molecule has 1 aliphatic rings. The summed E-state index contributed by atoms with van der Waals surface area (Å²) < 4.78 is 12.6. The molecule has 20 heavy (non-hydrogen) atoms. The number of rotatable bonds is 5. The summed E-state index contributed by atoms with van der Waals surface area (Å²) in [4.78, 5) is 0. The molecule has 1 N–H and O–H groups in total. The number of hydrogen-bond acceptors (Lipinski definition) is 4. The van der Waals surface area contributed by atoms with E-state index in [0.717, 1.165) is 30.2 Å². The molecule has 0 fully saturated rings. The molecule has 0 spiro atoms. The highest BCUT2D eigenvalue weighted by molar-refractivity contribution is 5.45. The van der Waals surface area contributed by atoms with E-state index < -0.39 is 0 Å². The summed E-state index contributed by atoms with van der Waals surface area (Å²) in [6.45, 7) is 3.36. The Morgan fingerprint density at radius 2 is 2.15 bits per heavy atom. The highest BCUT2D eigenvalue weighted by Gasteiger charge is 2.15. The van der Waals surface area contributed by atoms with Gasteiger partial charge in [-0.25, -0.2) is 0 Å². The average Bonchev–Trinajstić information content (AvgIpc) is 3.06. The lowest BCUT2D eigenvalue weighted by atomic mass is 10.1. The van der Waals surface area contributed by atoms with Crippen molar-refractivity contribution in [1.82, 2.24) is 15.1 Å². The summed E-state index contributed by atoms with van der Waals surface area (Å²) in [6, 6.07) is 8.40. The van der Waals surface area contributed by atoms with Crippen molar-refractivity contribution in [1.29, 1.82) is 0 Å². The van der Waals surface area contributed by atoms with E-state index in [1.807, 2.05) is 36.1 Å². The third-order valence-corrected chi connectivity index (χ3v) is 3.50. The number of aryl methyl sites for hydroxylation is 1. The fraction of sp³-hybridized carbons (Fsp3) is 0.400. The van der Waals surface area contributed by atoms with Gasteiger partial charge in [-0.3, -0.25) is 4.68 Å². The number of ether oxygens (including phenoxy) is 2. The Hall–Kier alpha value is -2.01. The molecule has 1 aromatic carbocycles. The van der Waals surface area contributed by atoms with Crippen LogP contribution in [0.1, 0.15) is 24.2 Å². The second kappa shape index (κ2) is 5.54. The van der Waals surface area contributed by atoms with Crippen molar-refractivity contribution in [2.45, 2.75) is 19.4 Å². The third-order valence-electron chi connectivity index (χ3n) is 3.50. The van der Waals surface area contributed by atoms with Gasteiger partial charge in [0.2, 0.25) is 6.79 Å². The van der Waals surface area contributed by atoms with Crippen LogP contribution in [0, 0.1) is 0 Å². The summed E-state index contributed by atoms with van der Waals surface area (Å²) in [5, 5.41) is 7.87. The van der Waals surface area contributed by atoms with Crippen molar-refractivity contribution in [3.8, 4) is 11.5 Å². The molecule has 0 radical (unpaired) electrons. The van der Waals surface area contributed by atoms with Crippen LogP contribution in [0.25, 0.3) is 0 Å². The minimum atomic E-state index is 0.271. The van der Waals surface area contributed by atoms with Gasteiger partial charge in [0, 0.05) is 32.3 Å². The van der Waals surface area contributed by atoms with Crippen molar-refractivity contribution < 1.29 is 9.47 Å². The standard InChI is InChI=1S/C15H19N3O2/c1-11(16-7-5-13-6-8-18(2)17-13)12-3-4-14-15(9-12)20-10-19-14/h3-4,6,8-9,11,16H,5,7,10H2,1-2H3. The van der Waals surface area contributed by atoms with Crippen LogP contribution in [0.3, 0.4) is 0 Å². The topological polar surface area (TPSA) is 48.3 Å². The molecule has 5 nitrogen and oxygen atoms in total. The molecule has 0 bridgehead atoms. The van der Waals surface area contributed by atoms with Crippen LogP contribution >= 0.6 is 0 Å². The van der Waals surface area contributed by atoms with Gasteiger partial charge in [-0.15, -0.1) is 0 Å². The van der Waals surface area contributed by atoms with Crippen LogP contribution in [-0.2, 0) is 13.5 Å². The lowest BCUT2D eigenvalue weighted by Gasteiger charge is -2.14. The zero-order chi connectivity index (χ0) is 13.9. The van der Waals surface area contributed by atoms with Crippen molar-refractivity contribution in [2.75, 3.05) is 13.3 Å². The van der Waals surface area contributed by atoms with E-state index in [2.05, 4.69) is 23.4 Å². The van der Waals surface area contributed by atoms with Gasteiger partial charge in [-0.05, 0) is 30.7 Å². The Morgan fingerprint density at radius 3 is 2.95 bits per heavy atom. The fourth-order valence-corrected chi connectivity index (χ4v) is 2.31. The Bertz CT molecular complexity index is 595. The highest BCUT2D eigenvalue weighted by atomic mass is 16.7. The third kappa shape index (κ3) is 2.77. The normalized spacial score (nSPS) is 14.5. The van der Waals surface area contributed by atoms with E-state index in [9.17, 15) is 0 Å². The minimum absolute atomic E-state index is 0.271. The largest absolute Gasteiger partial charge is 0.454 e. The summed E-state index contributed by atoms with van der Waals surface area (Å²) in [5.74, 6) is 1.66. The molecule has 5 heteroatoms. The number of nitrogens with one attached hydrogen (secondary N) is 1. The number of nitrogens with zero attached hydrogens (tertiary/aromatic N) is 2. The van der Waals surface area contributed by atoms with E-state index in [1.54, 1.807) is 0 Å². The minimum Gasteiger partial charge on any atom is -0.454 e. The summed E-state index contributed by atoms with van der Waals surface area (Å²) in [5.41, 5.74) is 2.31. The second-order valence-electron chi connectivity index (χ2n) is 5.02. The van der Waals surface area contributed by atoms with Gasteiger partial charge in [-0.1, -0.05) is 6.07 Å². The van der Waals surface area contributed by atoms with Crippen molar-refractivity contribution in [2.24, 2.45) is 7.05 Å². The summed E-state index contributed by atoms with van der Waals surface area (Å²) in [7, 11) is 1.94. The molecular weight excluding hydrogens is 254 g/mol. The van der Waals surface area contributed by atoms with E-state index in [0.29, 0.717) is 6.79 Å². The van der Waals surface area contributed by atoms with E-state index in [-0.39, 0.29) is 6.04 Å². The van der Waals surface area contributed by atoms with Crippen LogP contribution < -0.4 is 14.8 Å². The molecule has 0 saturated heterocycles. The van der Waals surface area contributed by atoms with Crippen LogP contribution in [0.2, 0.25) is 0 Å². The van der Waals surface area contributed by atoms with E-state index in [4.69, 9.17) is 9.47 Å². The molecule has 2 heterocycles. The monoisotopic (exact) mass is 273 g/mol. The first-order chi connectivity index (χ1) is 9.72. The van der Waals surface area contributed by atoms with Gasteiger partial charge in [0.05, 0.1) is 5.69 Å². The molecule has 2 aromatic rings. The second-order valence-corrected chi connectivity index (χ2v) is 5.02. The fourth-order valence-electron chi connectivity index (χ4n) is 2.31. The quantitative estimate of drug-likeness (QED) is 0.905. The zero-order valence-electron chi connectivity index (χ0n) is 11.8. The molecule has 0 amide bonds. The van der Waals surface area contributed by atoms with Gasteiger partial charge < -0.3 is 14.8 Å². The van der Waals surface area contributed by atoms with Gasteiger partial charge in [-0.2, -0.15) is 5.10 Å². The van der Waals surface area contributed by atoms with Gasteiger partial charge in [0.1, 0.15) is 0 Å². The number of aromatic nitrogens is 2. The lowest BCUT2D eigenvalue weighted by Crippen LogP contribution is -2.21. The molecule has 1 aromatic heterocycles. The van der Waals surface area contributed by atoms with Crippen molar-refractivity contribution in [3.63, 3.8) is 0 Å². The first kappa shape index (κ1) is 13.0. The van der Waals surface area contributed by atoms with Crippen LogP contribution in [-0.4, -0.2) is 23.1 Å². The predicted molar refractivity (Wildman–Crippen MR) is 75.9 cm³/mol. The molecule has 1 unspecified atom stereocenters. The lowest BCUT2D eigenvalue weighted by molar-refractivity contribution is 0.174. The Balaban J connectivity index is 1.55. The Kier molecular flexibility index (Phi) is 3.60. The molecule has 106 valence electrons. The smallest absolute Gasteiger partial charge is 0.231 e. The molecule has 0 saturated carbocycles. The van der Waals surface area contributed by atoms with Gasteiger partial charge in [0.25, 0.3) is 0 Å². The highest BCUT2D eigenvalue weighted by Crippen LogP contribution is 2.34. The Morgan fingerprint density at radius 1 is 1.30 bits per heavy atom. The maximum absolute atomic E-state index is 5.40. The molecule has 1 atom stereocenters. The predicted octanol–water partition coefficient (Wildman–Crippen LogP) is 2.04. The maximum atomic E-state index is 5.40. The van der Waals surface area contributed by atoms with Crippen LogP contribution in [0.15, 0.2) is 30.5 Å². The van der Waals surface area contributed by atoms with Gasteiger partial charge in [0.15, 0.2) is 11.5 Å². The number of fused-ring (bicyclic) bond motifs is 1. The molecule has 1 aliphatic heterocycles. The summed E-state index contributed by atoms with van der Waals surface area (Å²) in [6.07, 6.45) is 2.90. The molecule has 0 aliphatic carbocycles. The Labute approximate surface area is 118 Å². The number of benzene rings is 1. The molecular formula is C15H19N3O2. The van der Waals surface area contributed by atoms with E-state index in [1.165, 1.54) is 5.56 Å². The zero-order valence-corrected chi connectivity index (χ0v) is 11.8. The molecule has 3 rings (SSSR count). The SMILES string of the molecule is CC(NCCc1ccn(C)n1)c1ccc2c(c1)OCO2. The maximum Gasteiger partial charge on any atom is 0.231 e. The van der Waals surface area contributed by atoms with Crippen molar-refractivity contribution >= 4 is 0 Å². The number of hydrogen-bond donors (Lipinski definition) is 1. The average molecular weight is 273 g/mol. The first-order valence-electron chi connectivity index (χ1n) is 6.84. The first-order valence-corrected chi connectivity index (χ1v) is 6.84. The van der Waals surface area contributed by atoms with Gasteiger partial charge >= 0.3 is 0 Å². The van der Waals surface area contributed by atoms with Crippen LogP contribution in [0.5, 0.6) is 11.5 Å². The van der Waals surface area contributed by atoms with Crippen molar-refractivity contribution in [3.05, 3.63) is 41.7 Å². The van der Waals surface area contributed by atoms with Crippen LogP contribution in [0.4, 0.5) is 0 Å². The summed E-state index contributed by atoms with van der Waals surface area (Å²) >= 11 is 0.